The van der Waals surface area contributed by atoms with Crippen molar-refractivity contribution < 1.29 is 34.6 Å². The highest BCUT2D eigenvalue weighted by Crippen LogP contribution is 2.28. The molecule has 2 fully saturated rings. The molecule has 0 amide bonds. The summed E-state index contributed by atoms with van der Waals surface area (Å²) in [7, 11) is 0. The van der Waals surface area contributed by atoms with Crippen LogP contribution in [-0.2, 0) is 14.2 Å². The average Bonchev–Trinajstić information content (AvgIpc) is 2.58. The maximum absolute atomic E-state index is 10.9. The van der Waals surface area contributed by atoms with Crippen molar-refractivity contribution in [1.29, 1.82) is 0 Å². The monoisotopic (exact) mass is 336 g/mol. The van der Waals surface area contributed by atoms with Crippen molar-refractivity contribution in [2.24, 2.45) is 10.4 Å². The van der Waals surface area contributed by atoms with E-state index in [1.54, 1.807) is 0 Å². The van der Waals surface area contributed by atoms with E-state index in [-0.39, 0.29) is 19.6 Å². The van der Waals surface area contributed by atoms with Gasteiger partial charge in [-0.1, -0.05) is 10.4 Å². The third kappa shape index (κ3) is 3.88. The first-order valence-electron chi connectivity index (χ1n) is 7.21. The van der Waals surface area contributed by atoms with Gasteiger partial charge in [0.25, 0.3) is 0 Å². The van der Waals surface area contributed by atoms with Crippen molar-refractivity contribution in [2.75, 3.05) is 19.8 Å². The lowest BCUT2D eigenvalue weighted by Crippen LogP contribution is -2.59. The summed E-state index contributed by atoms with van der Waals surface area (Å²) in [5.41, 5.74) is 0. The predicted octanol–water partition coefficient (Wildman–Crippen LogP) is -2.14. The number of hydrogen-bond acceptors (Lipinski definition) is 11. The fraction of sp³-hybridized carbons (Fsp3) is 1.00. The van der Waals surface area contributed by atoms with E-state index in [0.717, 1.165) is 0 Å². The van der Waals surface area contributed by atoms with Crippen molar-refractivity contribution in [2.45, 2.75) is 55.3 Å². The molecule has 0 spiro atoms. The third-order valence-electron chi connectivity index (χ3n) is 4.04. The summed E-state index contributed by atoms with van der Waals surface area (Å²) in [6, 6.07) is -2.22. The summed E-state index contributed by atoms with van der Waals surface area (Å²) in [4.78, 5) is 21.7. The molecule has 8 atom stereocenters. The SMILES string of the molecule is O=N[C@@H]1[C@@H](O[C@H]2CO[C@H](CO)[C@@H](N=O)C2)O[C@@H](CO)[C@H](O)[C@H]1O. The molecule has 0 aliphatic carbocycles. The van der Waals surface area contributed by atoms with Crippen LogP contribution in [0.15, 0.2) is 10.4 Å². The highest BCUT2D eigenvalue weighted by atomic mass is 16.7. The second kappa shape index (κ2) is 8.15. The van der Waals surface area contributed by atoms with Crippen LogP contribution >= 0.6 is 0 Å². The van der Waals surface area contributed by atoms with Crippen LogP contribution in [0.1, 0.15) is 6.42 Å². The van der Waals surface area contributed by atoms with Gasteiger partial charge in [-0.25, -0.2) is 0 Å². The maximum atomic E-state index is 10.9. The van der Waals surface area contributed by atoms with E-state index in [2.05, 4.69) is 10.4 Å². The Balaban J connectivity index is 2.02. The lowest BCUT2D eigenvalue weighted by molar-refractivity contribution is -0.287. The van der Waals surface area contributed by atoms with E-state index in [9.17, 15) is 20.0 Å². The first-order valence-corrected chi connectivity index (χ1v) is 7.21. The molecular weight excluding hydrogens is 316 g/mol. The smallest absolute Gasteiger partial charge is 0.186 e. The molecule has 2 aliphatic heterocycles. The standard InChI is InChI=1S/C12H20N2O9/c15-2-7-6(13-19)1-5(4-21-7)22-12-9(14-20)11(18)10(17)8(3-16)23-12/h5-12,15-18H,1-4H2/t5-,6+,7-,8+,9+,10+,11+,12+/m1/s1. The van der Waals surface area contributed by atoms with Gasteiger partial charge in [0.05, 0.1) is 25.9 Å². The molecule has 0 saturated carbocycles. The van der Waals surface area contributed by atoms with Crippen LogP contribution in [0.25, 0.3) is 0 Å². The maximum Gasteiger partial charge on any atom is 0.186 e. The van der Waals surface area contributed by atoms with Crippen LogP contribution < -0.4 is 0 Å². The van der Waals surface area contributed by atoms with Crippen LogP contribution in [-0.4, -0.2) is 89.1 Å². The molecule has 4 N–H and O–H groups in total. The molecule has 2 rings (SSSR count). The van der Waals surface area contributed by atoms with Crippen molar-refractivity contribution in [3.63, 3.8) is 0 Å². The summed E-state index contributed by atoms with van der Waals surface area (Å²) >= 11 is 0. The predicted molar refractivity (Wildman–Crippen MR) is 73.2 cm³/mol. The Morgan fingerprint density at radius 3 is 2.30 bits per heavy atom. The van der Waals surface area contributed by atoms with Gasteiger partial charge in [-0.15, -0.1) is 0 Å². The zero-order valence-corrected chi connectivity index (χ0v) is 12.2. The van der Waals surface area contributed by atoms with Crippen LogP contribution in [0.4, 0.5) is 0 Å². The fourth-order valence-corrected chi connectivity index (χ4v) is 2.69. The molecule has 23 heavy (non-hydrogen) atoms. The van der Waals surface area contributed by atoms with Crippen molar-refractivity contribution >= 4 is 0 Å². The number of ether oxygens (including phenoxy) is 3. The van der Waals surface area contributed by atoms with E-state index in [1.165, 1.54) is 0 Å². The lowest BCUT2D eigenvalue weighted by Gasteiger charge is -2.41. The van der Waals surface area contributed by atoms with E-state index >= 15 is 0 Å². The van der Waals surface area contributed by atoms with Gasteiger partial charge in [-0.05, 0) is 0 Å². The number of hydrogen-bond donors (Lipinski definition) is 4. The third-order valence-corrected chi connectivity index (χ3v) is 4.04. The molecule has 0 radical (unpaired) electrons. The Hall–Kier alpha value is -1.08. The topological polar surface area (TPSA) is 167 Å². The van der Waals surface area contributed by atoms with Gasteiger partial charge >= 0.3 is 0 Å². The Morgan fingerprint density at radius 2 is 1.74 bits per heavy atom. The Bertz CT molecular complexity index is 412. The van der Waals surface area contributed by atoms with Gasteiger partial charge in [-0.2, -0.15) is 9.81 Å². The number of nitrogens with zero attached hydrogens (tertiary/aromatic N) is 2. The second-order valence-electron chi connectivity index (χ2n) is 5.52. The summed E-state index contributed by atoms with van der Waals surface area (Å²) in [6.45, 7) is -0.930. The molecule has 11 heteroatoms. The molecule has 0 aromatic rings. The van der Waals surface area contributed by atoms with Crippen LogP contribution in [0.2, 0.25) is 0 Å². The highest BCUT2D eigenvalue weighted by molar-refractivity contribution is 4.94. The van der Waals surface area contributed by atoms with Gasteiger partial charge in [0.1, 0.15) is 30.5 Å². The zero-order chi connectivity index (χ0) is 17.0. The van der Waals surface area contributed by atoms with Crippen LogP contribution in [0.5, 0.6) is 0 Å². The van der Waals surface area contributed by atoms with Crippen LogP contribution in [0.3, 0.4) is 0 Å². The van der Waals surface area contributed by atoms with Gasteiger partial charge in [0, 0.05) is 6.42 Å². The second-order valence-corrected chi connectivity index (χ2v) is 5.52. The molecular formula is C12H20N2O9. The first-order chi connectivity index (χ1) is 11.0. The summed E-state index contributed by atoms with van der Waals surface area (Å²) in [5.74, 6) is 0. The van der Waals surface area contributed by atoms with Gasteiger partial charge in [0.2, 0.25) is 0 Å². The number of aliphatic hydroxyl groups is 4. The molecule has 2 heterocycles. The van der Waals surface area contributed by atoms with Gasteiger partial charge in [-0.3, -0.25) is 0 Å². The lowest BCUT2D eigenvalue weighted by atomic mass is 9.97. The fourth-order valence-electron chi connectivity index (χ4n) is 2.69. The van der Waals surface area contributed by atoms with Crippen molar-refractivity contribution in [3.05, 3.63) is 9.81 Å². The van der Waals surface area contributed by atoms with Gasteiger partial charge in [0.15, 0.2) is 12.3 Å². The Kier molecular flexibility index (Phi) is 6.47. The molecule has 2 saturated heterocycles. The zero-order valence-electron chi connectivity index (χ0n) is 12.2. The van der Waals surface area contributed by atoms with E-state index in [0.29, 0.717) is 0 Å². The van der Waals surface area contributed by atoms with Crippen LogP contribution in [0, 0.1) is 9.81 Å². The normalized spacial score (nSPS) is 44.7. The quantitative estimate of drug-likeness (QED) is 0.396. The van der Waals surface area contributed by atoms with E-state index in [1.807, 2.05) is 0 Å². The molecule has 2 aliphatic rings. The van der Waals surface area contributed by atoms with Gasteiger partial charge < -0.3 is 34.6 Å². The van der Waals surface area contributed by atoms with E-state index < -0.39 is 55.5 Å². The minimum atomic E-state index is -1.56. The summed E-state index contributed by atoms with van der Waals surface area (Å²) in [6.07, 6.45) is -6.76. The molecule has 0 aromatic carbocycles. The minimum absolute atomic E-state index is 0.0190. The molecule has 0 aromatic heterocycles. The molecule has 0 bridgehead atoms. The average molecular weight is 336 g/mol. The molecule has 132 valence electrons. The van der Waals surface area contributed by atoms with Crippen molar-refractivity contribution in [3.8, 4) is 0 Å². The summed E-state index contributed by atoms with van der Waals surface area (Å²) in [5, 5.41) is 43.4. The minimum Gasteiger partial charge on any atom is -0.394 e. The summed E-state index contributed by atoms with van der Waals surface area (Å²) < 4.78 is 16.0. The highest BCUT2D eigenvalue weighted by Gasteiger charge is 2.47. The Labute approximate surface area is 131 Å². The number of nitroso groups, excluding NO2 is 2. The van der Waals surface area contributed by atoms with Crippen molar-refractivity contribution in [1.82, 2.24) is 0 Å². The van der Waals surface area contributed by atoms with E-state index in [4.69, 9.17) is 24.4 Å². The Morgan fingerprint density at radius 1 is 1.04 bits per heavy atom. The molecule has 11 nitrogen and oxygen atoms in total. The first kappa shape index (κ1) is 18.3. The largest absolute Gasteiger partial charge is 0.394 e. The number of aliphatic hydroxyl groups excluding tert-OH is 4. The molecule has 0 unspecified atom stereocenters. The number of rotatable bonds is 6.